The number of ether oxygens (including phenoxy) is 1. The largest absolute Gasteiger partial charge is 0.495 e. The third-order valence-electron chi connectivity index (χ3n) is 4.09. The van der Waals surface area contributed by atoms with Crippen molar-refractivity contribution in [3.63, 3.8) is 0 Å². The Balaban J connectivity index is 2.06. The first kappa shape index (κ1) is 17.2. The summed E-state index contributed by atoms with van der Waals surface area (Å²) in [6.45, 7) is -0.0767. The van der Waals surface area contributed by atoms with Crippen LogP contribution in [0, 0.1) is 11.7 Å². The van der Waals surface area contributed by atoms with Crippen LogP contribution in [-0.4, -0.2) is 33.3 Å². The Bertz CT molecular complexity index is 600. The maximum Gasteiger partial charge on any atom is 0.244 e. The highest BCUT2D eigenvalue weighted by Gasteiger charge is 2.25. The van der Waals surface area contributed by atoms with E-state index in [-0.39, 0.29) is 23.1 Å². The van der Waals surface area contributed by atoms with Gasteiger partial charge in [0, 0.05) is 6.54 Å². The van der Waals surface area contributed by atoms with Crippen LogP contribution in [0.25, 0.3) is 0 Å². The summed E-state index contributed by atoms with van der Waals surface area (Å²) in [5.41, 5.74) is 0. The van der Waals surface area contributed by atoms with Gasteiger partial charge in [0.2, 0.25) is 10.0 Å². The first-order valence-electron chi connectivity index (χ1n) is 7.45. The Hall–Kier alpha value is -1.18. The number of nitrogens with one attached hydrogen (secondary N) is 1. The molecule has 0 amide bonds. The summed E-state index contributed by atoms with van der Waals surface area (Å²) in [4.78, 5) is -0.258. The van der Waals surface area contributed by atoms with Crippen molar-refractivity contribution < 1.29 is 22.7 Å². The molecule has 0 radical (unpaired) electrons. The predicted octanol–water partition coefficient (Wildman–Crippen LogP) is 2.05. The third-order valence-corrected chi connectivity index (χ3v) is 5.54. The molecule has 7 heteroatoms. The number of hydrogen-bond donors (Lipinski definition) is 2. The maximum atomic E-state index is 13.3. The van der Waals surface area contributed by atoms with Crippen LogP contribution in [-0.2, 0) is 10.0 Å². The number of rotatable bonds is 6. The van der Waals surface area contributed by atoms with E-state index < -0.39 is 21.9 Å². The molecular weight excluding hydrogens is 309 g/mol. The lowest BCUT2D eigenvalue weighted by Crippen LogP contribution is -2.37. The summed E-state index contributed by atoms with van der Waals surface area (Å²) in [7, 11) is -2.61. The molecule has 0 aromatic heterocycles. The molecule has 1 aliphatic rings. The zero-order chi connectivity index (χ0) is 16.2. The lowest BCUT2D eigenvalue weighted by Gasteiger charge is -2.26. The summed E-state index contributed by atoms with van der Waals surface area (Å²) in [5.74, 6) is -0.471. The van der Waals surface area contributed by atoms with Gasteiger partial charge in [-0.05, 0) is 37.0 Å². The van der Waals surface area contributed by atoms with Crippen LogP contribution < -0.4 is 9.46 Å². The lowest BCUT2D eigenvalue weighted by atomic mass is 9.85. The number of hydrogen-bond acceptors (Lipinski definition) is 4. The molecule has 22 heavy (non-hydrogen) atoms. The van der Waals surface area contributed by atoms with E-state index in [1.807, 2.05) is 0 Å². The van der Waals surface area contributed by atoms with Crippen molar-refractivity contribution in [2.45, 2.75) is 43.1 Å². The molecule has 2 N–H and O–H groups in total. The standard InChI is InChI=1S/C15H22FNO4S/c1-21-14-8-7-12(16)9-15(14)22(19,20)17-10-13(18)11-5-3-2-4-6-11/h7-9,11,13,17-18H,2-6,10H2,1H3. The highest BCUT2D eigenvalue weighted by molar-refractivity contribution is 7.89. The minimum Gasteiger partial charge on any atom is -0.495 e. The van der Waals surface area contributed by atoms with Crippen molar-refractivity contribution in [2.75, 3.05) is 13.7 Å². The molecule has 0 heterocycles. The SMILES string of the molecule is COc1ccc(F)cc1S(=O)(=O)NCC(O)C1CCCCC1. The summed E-state index contributed by atoms with van der Waals surface area (Å²) in [6.07, 6.45) is 4.38. The normalized spacial score (nSPS) is 18.1. The monoisotopic (exact) mass is 331 g/mol. The third kappa shape index (κ3) is 4.18. The quantitative estimate of drug-likeness (QED) is 0.836. The van der Waals surface area contributed by atoms with Crippen molar-refractivity contribution in [3.05, 3.63) is 24.0 Å². The number of aliphatic hydroxyl groups excluding tert-OH is 1. The first-order chi connectivity index (χ1) is 10.4. The highest BCUT2D eigenvalue weighted by atomic mass is 32.2. The van der Waals surface area contributed by atoms with E-state index in [1.54, 1.807) is 0 Å². The summed E-state index contributed by atoms with van der Waals surface area (Å²) in [5, 5.41) is 10.1. The van der Waals surface area contributed by atoms with Crippen LogP contribution in [0.15, 0.2) is 23.1 Å². The molecule has 2 rings (SSSR count). The molecule has 0 bridgehead atoms. The molecule has 1 atom stereocenters. The molecule has 1 aliphatic carbocycles. The van der Waals surface area contributed by atoms with Crippen LogP contribution in [0.5, 0.6) is 5.75 Å². The second kappa shape index (κ2) is 7.39. The van der Waals surface area contributed by atoms with Crippen LogP contribution in [0.3, 0.4) is 0 Å². The van der Waals surface area contributed by atoms with Crippen molar-refractivity contribution >= 4 is 10.0 Å². The van der Waals surface area contributed by atoms with Gasteiger partial charge in [0.25, 0.3) is 0 Å². The Kier molecular flexibility index (Phi) is 5.77. The fourth-order valence-electron chi connectivity index (χ4n) is 2.82. The van der Waals surface area contributed by atoms with E-state index in [1.165, 1.54) is 13.2 Å². The van der Waals surface area contributed by atoms with Gasteiger partial charge in [-0.15, -0.1) is 0 Å². The Labute approximate surface area is 130 Å². The second-order valence-corrected chi connectivity index (χ2v) is 7.35. The van der Waals surface area contributed by atoms with Crippen molar-refractivity contribution in [3.8, 4) is 5.75 Å². The minimum atomic E-state index is -3.93. The number of methoxy groups -OCH3 is 1. The van der Waals surface area contributed by atoms with E-state index >= 15 is 0 Å². The Morgan fingerprint density at radius 1 is 1.36 bits per heavy atom. The van der Waals surface area contributed by atoms with Gasteiger partial charge in [-0.2, -0.15) is 0 Å². The van der Waals surface area contributed by atoms with E-state index in [0.29, 0.717) is 0 Å². The zero-order valence-electron chi connectivity index (χ0n) is 12.6. The van der Waals surface area contributed by atoms with Gasteiger partial charge in [0.1, 0.15) is 16.5 Å². The van der Waals surface area contributed by atoms with Gasteiger partial charge in [-0.1, -0.05) is 19.3 Å². The van der Waals surface area contributed by atoms with Gasteiger partial charge in [0.15, 0.2) is 0 Å². The summed E-state index contributed by atoms with van der Waals surface area (Å²) >= 11 is 0. The van der Waals surface area contributed by atoms with Crippen molar-refractivity contribution in [2.24, 2.45) is 5.92 Å². The predicted molar refractivity (Wildman–Crippen MR) is 80.7 cm³/mol. The molecule has 0 spiro atoms. The minimum absolute atomic E-state index is 0.0704. The molecule has 0 saturated heterocycles. The van der Waals surface area contributed by atoms with Crippen LogP contribution in [0.2, 0.25) is 0 Å². The summed E-state index contributed by atoms with van der Waals surface area (Å²) < 4.78 is 45.2. The molecule has 1 saturated carbocycles. The first-order valence-corrected chi connectivity index (χ1v) is 8.93. The molecule has 0 aliphatic heterocycles. The van der Waals surface area contributed by atoms with Crippen LogP contribution in [0.4, 0.5) is 4.39 Å². The smallest absolute Gasteiger partial charge is 0.244 e. The van der Waals surface area contributed by atoms with Crippen molar-refractivity contribution in [1.29, 1.82) is 0 Å². The topological polar surface area (TPSA) is 75.6 Å². The Morgan fingerprint density at radius 2 is 2.05 bits per heavy atom. The molecule has 1 unspecified atom stereocenters. The second-order valence-electron chi connectivity index (χ2n) is 5.61. The van der Waals surface area contributed by atoms with Crippen molar-refractivity contribution in [1.82, 2.24) is 4.72 Å². The van der Waals surface area contributed by atoms with Crippen LogP contribution >= 0.6 is 0 Å². The number of benzene rings is 1. The Morgan fingerprint density at radius 3 is 2.68 bits per heavy atom. The molecule has 1 aromatic rings. The van der Waals surface area contributed by atoms with Gasteiger partial charge in [-0.3, -0.25) is 0 Å². The zero-order valence-corrected chi connectivity index (χ0v) is 13.4. The highest BCUT2D eigenvalue weighted by Crippen LogP contribution is 2.27. The molecule has 124 valence electrons. The average Bonchev–Trinajstić information content (AvgIpc) is 2.53. The van der Waals surface area contributed by atoms with Crippen LogP contribution in [0.1, 0.15) is 32.1 Å². The number of sulfonamides is 1. The lowest BCUT2D eigenvalue weighted by molar-refractivity contribution is 0.0888. The fourth-order valence-corrected chi connectivity index (χ4v) is 4.05. The van der Waals surface area contributed by atoms with E-state index in [2.05, 4.69) is 4.72 Å². The molecule has 1 fully saturated rings. The number of halogens is 1. The van der Waals surface area contributed by atoms with E-state index in [9.17, 15) is 17.9 Å². The molecule has 5 nitrogen and oxygen atoms in total. The van der Waals surface area contributed by atoms with Gasteiger partial charge in [0.05, 0.1) is 13.2 Å². The number of aliphatic hydroxyl groups is 1. The van der Waals surface area contributed by atoms with Gasteiger partial charge in [-0.25, -0.2) is 17.5 Å². The van der Waals surface area contributed by atoms with E-state index in [0.717, 1.165) is 44.2 Å². The van der Waals surface area contributed by atoms with Gasteiger partial charge >= 0.3 is 0 Å². The van der Waals surface area contributed by atoms with Gasteiger partial charge < -0.3 is 9.84 Å². The average molecular weight is 331 g/mol. The van der Waals surface area contributed by atoms with E-state index in [4.69, 9.17) is 4.74 Å². The molecule has 1 aromatic carbocycles. The fraction of sp³-hybridized carbons (Fsp3) is 0.600. The maximum absolute atomic E-state index is 13.3. The molecular formula is C15H22FNO4S. The summed E-state index contributed by atoms with van der Waals surface area (Å²) in [6, 6.07) is 3.31.